The molecule has 2 aliphatic rings. The number of ketones is 1. The second-order valence-corrected chi connectivity index (χ2v) is 12.9. The Labute approximate surface area is 325 Å². The van der Waals surface area contributed by atoms with E-state index < -0.39 is 54.6 Å². The van der Waals surface area contributed by atoms with E-state index in [1.165, 1.54) is 54.6 Å². The van der Waals surface area contributed by atoms with Gasteiger partial charge in [0.05, 0.1) is 44.2 Å². The zero-order valence-electron chi connectivity index (χ0n) is 31.2. The monoisotopic (exact) mass is 780 g/mol. The van der Waals surface area contributed by atoms with Gasteiger partial charge < -0.3 is 42.6 Å². The van der Waals surface area contributed by atoms with Crippen LogP contribution in [0.4, 0.5) is 9.59 Å². The van der Waals surface area contributed by atoms with Gasteiger partial charge >= 0.3 is 30.2 Å². The van der Waals surface area contributed by atoms with Crippen LogP contribution in [0.25, 0.3) is 0 Å². The fourth-order valence-electron chi connectivity index (χ4n) is 5.75. The van der Waals surface area contributed by atoms with Crippen LogP contribution in [-0.2, 0) is 42.7 Å². The zero-order valence-corrected chi connectivity index (χ0v) is 31.2. The SMILES string of the molecule is C=CC(=O)CCCCCCCOC(=O)Oc1ccc(C(=O)O[C@H]2COC3C2OC[C@H]3OC(=O)c2ccc(OC(=O)OCCCCCCOC(=O)C=C)cc2)cc1. The minimum absolute atomic E-state index is 0.0331. The number of unbranched alkanes of at least 4 members (excludes halogenated alkanes) is 7. The Morgan fingerprint density at radius 1 is 0.554 bits per heavy atom. The van der Waals surface area contributed by atoms with E-state index in [4.69, 9.17) is 42.6 Å². The first kappa shape index (κ1) is 43.2. The number of allylic oxidation sites excluding steroid dienone is 1. The maximum Gasteiger partial charge on any atom is 0.513 e. The molecule has 2 aliphatic heterocycles. The van der Waals surface area contributed by atoms with Gasteiger partial charge in [0.25, 0.3) is 0 Å². The van der Waals surface area contributed by atoms with Crippen molar-refractivity contribution < 1.29 is 71.4 Å². The molecule has 0 spiro atoms. The zero-order chi connectivity index (χ0) is 40.1. The summed E-state index contributed by atoms with van der Waals surface area (Å²) in [5.41, 5.74) is 0.416. The topological polar surface area (TPSA) is 185 Å². The second-order valence-electron chi connectivity index (χ2n) is 12.9. The lowest BCUT2D eigenvalue weighted by atomic mass is 10.1. The molecular weight excluding hydrogens is 732 g/mol. The molecule has 0 N–H and O–H groups in total. The standard InChI is InChI=1S/C41H48O15/c1-3-30(42)14-10-6-5-7-12-24-49-40(46)53-31-19-15-28(16-20-31)38(44)55-33-26-51-37-34(27-52-36(33)37)56-39(45)29-17-21-32(22-18-29)54-41(47)50-25-13-9-8-11-23-48-35(43)4-2/h3-4,15-22,33-34,36-37H,1-2,5-14,23-27H2/t33-,34+,36?,37?/m0/s1. The van der Waals surface area contributed by atoms with Crippen molar-refractivity contribution in [2.75, 3.05) is 33.0 Å². The normalized spacial score (nSPS) is 18.1. The Bertz CT molecular complexity index is 1510. The van der Waals surface area contributed by atoms with E-state index in [0.717, 1.165) is 44.6 Å². The van der Waals surface area contributed by atoms with E-state index in [-0.39, 0.29) is 54.8 Å². The molecule has 2 heterocycles. The third-order valence-corrected chi connectivity index (χ3v) is 8.75. The Morgan fingerprint density at radius 2 is 0.964 bits per heavy atom. The third kappa shape index (κ3) is 14.6. The van der Waals surface area contributed by atoms with Crippen molar-refractivity contribution >= 4 is 36.0 Å². The molecule has 0 aliphatic carbocycles. The molecule has 0 saturated carbocycles. The number of fused-ring (bicyclic) bond motifs is 1. The van der Waals surface area contributed by atoms with Gasteiger partial charge in [-0.3, -0.25) is 4.79 Å². The van der Waals surface area contributed by atoms with Crippen LogP contribution in [0.1, 0.15) is 84.9 Å². The van der Waals surface area contributed by atoms with Crippen molar-refractivity contribution in [2.45, 2.75) is 88.6 Å². The lowest BCUT2D eigenvalue weighted by molar-refractivity contribution is -0.137. The number of benzene rings is 2. The molecule has 0 amide bonds. The van der Waals surface area contributed by atoms with Gasteiger partial charge in [-0.1, -0.05) is 32.4 Å². The summed E-state index contributed by atoms with van der Waals surface area (Å²) in [4.78, 5) is 72.1. The molecule has 4 rings (SSSR count). The first-order valence-electron chi connectivity index (χ1n) is 18.7. The first-order valence-corrected chi connectivity index (χ1v) is 18.7. The summed E-state index contributed by atoms with van der Waals surface area (Å²) < 4.78 is 48.3. The van der Waals surface area contributed by atoms with Crippen molar-refractivity contribution in [3.63, 3.8) is 0 Å². The van der Waals surface area contributed by atoms with E-state index >= 15 is 0 Å². The molecule has 56 heavy (non-hydrogen) atoms. The fourth-order valence-corrected chi connectivity index (χ4v) is 5.75. The number of carbonyl (C=O) groups is 6. The van der Waals surface area contributed by atoms with Gasteiger partial charge in [-0.25, -0.2) is 24.0 Å². The average molecular weight is 781 g/mol. The van der Waals surface area contributed by atoms with Gasteiger partial charge in [-0.2, -0.15) is 0 Å². The van der Waals surface area contributed by atoms with Crippen LogP contribution in [0.3, 0.4) is 0 Å². The minimum Gasteiger partial charge on any atom is -0.463 e. The fraction of sp³-hybridized carbons (Fsp3) is 0.463. The smallest absolute Gasteiger partial charge is 0.463 e. The van der Waals surface area contributed by atoms with Crippen molar-refractivity contribution in [2.24, 2.45) is 0 Å². The number of hydrogen-bond acceptors (Lipinski definition) is 15. The van der Waals surface area contributed by atoms with Crippen LogP contribution in [0.5, 0.6) is 11.5 Å². The van der Waals surface area contributed by atoms with E-state index in [1.54, 1.807) is 0 Å². The molecule has 4 atom stereocenters. The minimum atomic E-state index is -0.878. The highest BCUT2D eigenvalue weighted by Gasteiger charge is 2.51. The van der Waals surface area contributed by atoms with Crippen LogP contribution in [0.15, 0.2) is 73.8 Å². The molecule has 0 bridgehead atoms. The molecule has 15 nitrogen and oxygen atoms in total. The van der Waals surface area contributed by atoms with Crippen molar-refractivity contribution in [3.8, 4) is 11.5 Å². The molecule has 2 aromatic rings. The lowest BCUT2D eigenvalue weighted by Gasteiger charge is -2.17. The summed E-state index contributed by atoms with van der Waals surface area (Å²) in [7, 11) is 0. The average Bonchev–Trinajstić information content (AvgIpc) is 3.79. The molecule has 2 saturated heterocycles. The maximum absolute atomic E-state index is 12.9. The quantitative estimate of drug-likeness (QED) is 0.0383. The van der Waals surface area contributed by atoms with Crippen molar-refractivity contribution in [3.05, 3.63) is 85.0 Å². The number of rotatable bonds is 23. The van der Waals surface area contributed by atoms with E-state index in [0.29, 0.717) is 32.3 Å². The first-order chi connectivity index (χ1) is 27.2. The summed E-state index contributed by atoms with van der Waals surface area (Å²) in [6, 6.07) is 11.6. The molecule has 0 aromatic heterocycles. The molecule has 2 aromatic carbocycles. The maximum atomic E-state index is 12.9. The van der Waals surface area contributed by atoms with E-state index in [9.17, 15) is 28.8 Å². The highest BCUT2D eigenvalue weighted by molar-refractivity contribution is 5.90. The summed E-state index contributed by atoms with van der Waals surface area (Å²) >= 11 is 0. The summed E-state index contributed by atoms with van der Waals surface area (Å²) in [5, 5.41) is 0. The molecule has 2 fully saturated rings. The van der Waals surface area contributed by atoms with Crippen LogP contribution in [0.2, 0.25) is 0 Å². The predicted molar refractivity (Wildman–Crippen MR) is 197 cm³/mol. The van der Waals surface area contributed by atoms with Gasteiger partial charge in [0.2, 0.25) is 0 Å². The van der Waals surface area contributed by atoms with Gasteiger partial charge in [0.1, 0.15) is 23.7 Å². The summed E-state index contributed by atoms with van der Waals surface area (Å²) in [6.07, 6.45) is 5.47. The van der Waals surface area contributed by atoms with Crippen LogP contribution in [0, 0.1) is 0 Å². The van der Waals surface area contributed by atoms with Crippen LogP contribution in [-0.4, -0.2) is 93.5 Å². The molecular formula is C41H48O15. The van der Waals surface area contributed by atoms with Crippen LogP contribution < -0.4 is 9.47 Å². The van der Waals surface area contributed by atoms with Crippen LogP contribution >= 0.6 is 0 Å². The highest BCUT2D eigenvalue weighted by atomic mass is 16.7. The van der Waals surface area contributed by atoms with Crippen molar-refractivity contribution in [1.82, 2.24) is 0 Å². The van der Waals surface area contributed by atoms with E-state index in [1.807, 2.05) is 0 Å². The van der Waals surface area contributed by atoms with Gasteiger partial charge in [-0.15, -0.1) is 0 Å². The van der Waals surface area contributed by atoms with Gasteiger partial charge in [-0.05, 0) is 93.1 Å². The Balaban J connectivity index is 1.10. The van der Waals surface area contributed by atoms with Crippen molar-refractivity contribution in [1.29, 1.82) is 0 Å². The molecule has 2 unspecified atom stereocenters. The Morgan fingerprint density at radius 3 is 1.39 bits per heavy atom. The lowest BCUT2D eigenvalue weighted by Crippen LogP contribution is -2.36. The highest BCUT2D eigenvalue weighted by Crippen LogP contribution is 2.32. The predicted octanol–water partition coefficient (Wildman–Crippen LogP) is 6.65. The number of ether oxygens (including phenoxy) is 9. The Hall–Kier alpha value is -5.54. The number of hydrogen-bond donors (Lipinski definition) is 0. The second kappa shape index (κ2) is 23.4. The number of esters is 3. The van der Waals surface area contributed by atoms with Gasteiger partial charge in [0, 0.05) is 12.5 Å². The molecule has 15 heteroatoms. The molecule has 302 valence electrons. The van der Waals surface area contributed by atoms with E-state index in [2.05, 4.69) is 13.2 Å². The van der Waals surface area contributed by atoms with Gasteiger partial charge in [0.15, 0.2) is 18.0 Å². The summed E-state index contributed by atoms with van der Waals surface area (Å²) in [6.45, 7) is 7.53. The third-order valence-electron chi connectivity index (χ3n) is 8.75. The number of carbonyl (C=O) groups excluding carboxylic acids is 6. The summed E-state index contributed by atoms with van der Waals surface area (Å²) in [5.74, 6) is -1.33. The molecule has 0 radical (unpaired) electrons. The Kier molecular flexibility index (Phi) is 18.0. The largest absolute Gasteiger partial charge is 0.513 e.